The highest BCUT2D eigenvalue weighted by molar-refractivity contribution is 5.94. The molecule has 2 aliphatic heterocycles. The summed E-state index contributed by atoms with van der Waals surface area (Å²) in [5, 5.41) is 4.03. The van der Waals surface area contributed by atoms with Crippen molar-refractivity contribution in [3.8, 4) is 11.1 Å². The largest absolute Gasteiger partial charge is 0.379 e. The lowest BCUT2D eigenvalue weighted by Crippen LogP contribution is -2.43. The van der Waals surface area contributed by atoms with Crippen molar-refractivity contribution < 1.29 is 18.3 Å². The minimum absolute atomic E-state index is 0.137. The smallest absolute Gasteiger partial charge is 0.345 e. The van der Waals surface area contributed by atoms with Crippen LogP contribution in [0, 0.1) is 0 Å². The molecule has 0 saturated carbocycles. The van der Waals surface area contributed by atoms with Gasteiger partial charge in [0, 0.05) is 68.7 Å². The normalized spacial score (nSPS) is 20.4. The summed E-state index contributed by atoms with van der Waals surface area (Å²) in [7, 11) is 2.17. The van der Waals surface area contributed by atoms with Crippen molar-refractivity contribution in [2.45, 2.75) is 38.6 Å². The van der Waals surface area contributed by atoms with Crippen LogP contribution >= 0.6 is 0 Å². The van der Waals surface area contributed by atoms with Gasteiger partial charge >= 0.3 is 6.61 Å². The number of alkyl halides is 2. The molecule has 1 aromatic carbocycles. The van der Waals surface area contributed by atoms with Crippen molar-refractivity contribution in [1.29, 1.82) is 0 Å². The fraction of sp³-hybridized carbons (Fsp3) is 0.538. The van der Waals surface area contributed by atoms with Crippen LogP contribution in [-0.4, -0.2) is 90.0 Å². The Balaban J connectivity index is 1.38. The van der Waals surface area contributed by atoms with Crippen LogP contribution in [-0.2, 0) is 16.0 Å². The maximum absolute atomic E-state index is 12.4. The molecule has 3 aromatic rings. The van der Waals surface area contributed by atoms with E-state index in [1.807, 2.05) is 6.20 Å². The summed E-state index contributed by atoms with van der Waals surface area (Å²) in [6, 6.07) is 8.59. The molecule has 2 aliphatic rings. The zero-order chi connectivity index (χ0) is 25.1. The van der Waals surface area contributed by atoms with Crippen LogP contribution in [0.1, 0.15) is 24.9 Å². The second-order valence-electron chi connectivity index (χ2n) is 9.81. The number of anilines is 1. The molecule has 8 nitrogen and oxygen atoms in total. The number of piperazine rings is 1. The van der Waals surface area contributed by atoms with Gasteiger partial charge in [-0.3, -0.25) is 4.90 Å². The molecule has 2 aromatic heterocycles. The molecule has 1 N–H and O–H groups in total. The monoisotopic (exact) mass is 500 g/mol. The number of hydrogen-bond acceptors (Lipinski definition) is 7. The number of aromatic nitrogens is 3. The number of nitrogens with zero attached hydrogens (tertiary/aromatic N) is 5. The molecule has 0 spiro atoms. The van der Waals surface area contributed by atoms with Crippen LogP contribution in [0.25, 0.3) is 22.2 Å². The lowest BCUT2D eigenvalue weighted by atomic mass is 10.0. The van der Waals surface area contributed by atoms with Crippen molar-refractivity contribution in [3.05, 3.63) is 42.2 Å². The molecule has 194 valence electrons. The summed E-state index contributed by atoms with van der Waals surface area (Å²) in [5.41, 5.74) is 4.30. The summed E-state index contributed by atoms with van der Waals surface area (Å²) in [6.45, 7) is 5.54. The first-order valence-corrected chi connectivity index (χ1v) is 12.6. The van der Waals surface area contributed by atoms with Crippen LogP contribution in [0.5, 0.6) is 0 Å². The van der Waals surface area contributed by atoms with Gasteiger partial charge < -0.3 is 24.3 Å². The number of benzene rings is 1. The van der Waals surface area contributed by atoms with Crippen LogP contribution < -0.4 is 5.32 Å². The lowest BCUT2D eigenvalue weighted by molar-refractivity contribution is -0.130. The Bertz CT molecular complexity index is 1140. The predicted molar refractivity (Wildman–Crippen MR) is 135 cm³/mol. The van der Waals surface area contributed by atoms with Gasteiger partial charge in [0.25, 0.3) is 0 Å². The fourth-order valence-electron chi connectivity index (χ4n) is 4.88. The number of hydrogen-bond donors (Lipinski definition) is 1. The minimum atomic E-state index is -2.80. The third kappa shape index (κ3) is 5.83. The van der Waals surface area contributed by atoms with Gasteiger partial charge in [-0.1, -0.05) is 24.3 Å². The molecule has 2 fully saturated rings. The third-order valence-corrected chi connectivity index (χ3v) is 6.99. The van der Waals surface area contributed by atoms with E-state index in [4.69, 9.17) is 9.72 Å². The highest BCUT2D eigenvalue weighted by Crippen LogP contribution is 2.34. The number of likely N-dealkylation sites (N-methyl/N-ethyl adjacent to an activating group) is 1. The zero-order valence-electron chi connectivity index (χ0n) is 20.9. The Labute approximate surface area is 210 Å². The van der Waals surface area contributed by atoms with E-state index in [-0.39, 0.29) is 18.7 Å². The molecule has 2 atom stereocenters. The van der Waals surface area contributed by atoms with Gasteiger partial charge in [-0.05, 0) is 31.5 Å². The minimum Gasteiger partial charge on any atom is -0.379 e. The van der Waals surface area contributed by atoms with E-state index < -0.39 is 6.61 Å². The van der Waals surface area contributed by atoms with Crippen LogP contribution in [0.2, 0.25) is 0 Å². The molecule has 4 heterocycles. The second-order valence-corrected chi connectivity index (χ2v) is 9.81. The molecular formula is C26H34F2N6O2. The third-order valence-electron chi connectivity index (χ3n) is 6.99. The number of ether oxygens (including phenoxy) is 2. The highest BCUT2D eigenvalue weighted by Gasteiger charge is 2.23. The summed E-state index contributed by atoms with van der Waals surface area (Å²) in [6.07, 6.45) is 4.87. The van der Waals surface area contributed by atoms with Crippen LogP contribution in [0.3, 0.4) is 0 Å². The maximum Gasteiger partial charge on any atom is 0.345 e. The Morgan fingerprint density at radius 3 is 2.64 bits per heavy atom. The van der Waals surface area contributed by atoms with E-state index in [2.05, 4.69) is 66.9 Å². The van der Waals surface area contributed by atoms with E-state index in [1.54, 1.807) is 6.92 Å². The first-order valence-electron chi connectivity index (χ1n) is 12.6. The molecule has 0 unspecified atom stereocenters. The van der Waals surface area contributed by atoms with E-state index in [9.17, 15) is 8.78 Å². The summed E-state index contributed by atoms with van der Waals surface area (Å²) in [5.74, 6) is 0.389. The highest BCUT2D eigenvalue weighted by atomic mass is 19.3. The summed E-state index contributed by atoms with van der Waals surface area (Å²) >= 11 is 0. The Morgan fingerprint density at radius 2 is 1.94 bits per heavy atom. The molecule has 0 amide bonds. The molecule has 0 aliphatic carbocycles. The molecular weight excluding hydrogens is 466 g/mol. The van der Waals surface area contributed by atoms with Crippen LogP contribution in [0.15, 0.2) is 36.7 Å². The van der Waals surface area contributed by atoms with E-state index in [0.717, 1.165) is 67.9 Å². The van der Waals surface area contributed by atoms with Crippen LogP contribution in [0.4, 0.5) is 14.7 Å². The molecule has 2 saturated heterocycles. The topological polar surface area (TPSA) is 67.7 Å². The average molecular weight is 501 g/mol. The Kier molecular flexibility index (Phi) is 7.76. The van der Waals surface area contributed by atoms with Gasteiger partial charge in [0.15, 0.2) is 0 Å². The van der Waals surface area contributed by atoms with Crippen molar-refractivity contribution in [2.75, 3.05) is 58.4 Å². The number of nitrogens with one attached hydrogen (secondary N) is 1. The average Bonchev–Trinajstić information content (AvgIpc) is 3.53. The fourth-order valence-corrected chi connectivity index (χ4v) is 4.88. The molecule has 36 heavy (non-hydrogen) atoms. The van der Waals surface area contributed by atoms with E-state index in [1.165, 1.54) is 5.56 Å². The second kappa shape index (κ2) is 11.2. The SMILES string of the molecule is C[C@@H](COC(F)F)Nc1ncc2c(-c3ccc(CN4CCN(C)CC4)cc3)cn([C@@H]3CCOC3)c2n1. The number of rotatable bonds is 9. The molecule has 0 radical (unpaired) electrons. The molecule has 10 heteroatoms. The number of fused-ring (bicyclic) bond motifs is 1. The van der Waals surface area contributed by atoms with Gasteiger partial charge in [-0.2, -0.15) is 13.8 Å². The lowest BCUT2D eigenvalue weighted by Gasteiger charge is -2.32. The van der Waals surface area contributed by atoms with Gasteiger partial charge in [0.05, 0.1) is 19.3 Å². The summed E-state index contributed by atoms with van der Waals surface area (Å²) < 4.78 is 37.0. The van der Waals surface area contributed by atoms with Crippen molar-refractivity contribution in [2.24, 2.45) is 0 Å². The van der Waals surface area contributed by atoms with Gasteiger partial charge in [0.1, 0.15) is 5.65 Å². The first-order chi connectivity index (χ1) is 17.5. The first kappa shape index (κ1) is 25.0. The predicted octanol–water partition coefficient (Wildman–Crippen LogP) is 3.85. The van der Waals surface area contributed by atoms with Gasteiger partial charge in [-0.25, -0.2) is 4.98 Å². The van der Waals surface area contributed by atoms with E-state index >= 15 is 0 Å². The van der Waals surface area contributed by atoms with Crippen molar-refractivity contribution >= 4 is 17.0 Å². The Hall–Kier alpha value is -2.66. The van der Waals surface area contributed by atoms with Crippen molar-refractivity contribution in [3.63, 3.8) is 0 Å². The van der Waals surface area contributed by atoms with Crippen molar-refractivity contribution in [1.82, 2.24) is 24.3 Å². The summed E-state index contributed by atoms with van der Waals surface area (Å²) in [4.78, 5) is 14.1. The van der Waals surface area contributed by atoms with E-state index in [0.29, 0.717) is 12.6 Å². The standard InChI is InChI=1S/C26H34F2N6O2/c1-18(16-36-25(27)28)30-26-29-13-22-23(15-34(24(22)31-26)21-7-12-35-17-21)20-5-3-19(4-6-20)14-33-10-8-32(2)9-11-33/h3-6,13,15,18,21,25H,7-12,14,16-17H2,1-2H3,(H,29,30,31)/t18-,21+/m0/s1. The molecule has 0 bridgehead atoms. The quantitative estimate of drug-likeness (QED) is 0.479. The molecule has 5 rings (SSSR count). The Morgan fingerprint density at radius 1 is 1.17 bits per heavy atom. The zero-order valence-corrected chi connectivity index (χ0v) is 20.9. The van der Waals surface area contributed by atoms with Gasteiger partial charge in [-0.15, -0.1) is 0 Å². The maximum atomic E-state index is 12.4. The number of halogens is 2. The van der Waals surface area contributed by atoms with Gasteiger partial charge in [0.2, 0.25) is 5.95 Å².